The van der Waals surface area contributed by atoms with E-state index in [2.05, 4.69) is 22.0 Å². The van der Waals surface area contributed by atoms with Crippen LogP contribution in [-0.4, -0.2) is 61.5 Å². The molecule has 0 radical (unpaired) electrons. The lowest BCUT2D eigenvalue weighted by Crippen LogP contribution is -2.46. The first-order valence-corrected chi connectivity index (χ1v) is 8.13. The summed E-state index contributed by atoms with van der Waals surface area (Å²) in [5, 5.41) is 2.94. The van der Waals surface area contributed by atoms with Crippen LogP contribution in [0, 0.1) is 5.82 Å². The van der Waals surface area contributed by atoms with E-state index in [0.29, 0.717) is 13.0 Å². The third-order valence-electron chi connectivity index (χ3n) is 4.16. The smallest absolute Gasteiger partial charge is 0.224 e. The highest BCUT2D eigenvalue weighted by atomic mass is 19.1. The van der Waals surface area contributed by atoms with Crippen LogP contribution in [0.15, 0.2) is 24.3 Å². The SMILES string of the molecule is CCN1CCN(CCCNC(=O)Cc2ccc(F)cc2)CC1. The lowest BCUT2D eigenvalue weighted by molar-refractivity contribution is -0.120. The predicted molar refractivity (Wildman–Crippen MR) is 86.3 cm³/mol. The summed E-state index contributed by atoms with van der Waals surface area (Å²) in [5.41, 5.74) is 0.842. The number of nitrogens with one attached hydrogen (secondary N) is 1. The molecule has 5 heteroatoms. The van der Waals surface area contributed by atoms with E-state index < -0.39 is 0 Å². The van der Waals surface area contributed by atoms with Gasteiger partial charge in [0.25, 0.3) is 0 Å². The van der Waals surface area contributed by atoms with Crippen molar-refractivity contribution in [2.45, 2.75) is 19.8 Å². The Balaban J connectivity index is 1.56. The molecule has 0 atom stereocenters. The summed E-state index contributed by atoms with van der Waals surface area (Å²) in [6.07, 6.45) is 1.29. The number of amides is 1. The summed E-state index contributed by atoms with van der Waals surface area (Å²) in [5.74, 6) is -0.269. The number of hydrogen-bond acceptors (Lipinski definition) is 3. The second kappa shape index (κ2) is 8.86. The average molecular weight is 307 g/mol. The zero-order chi connectivity index (χ0) is 15.8. The Hall–Kier alpha value is -1.46. The van der Waals surface area contributed by atoms with E-state index in [1.54, 1.807) is 12.1 Å². The number of carbonyl (C=O) groups excluding carboxylic acids is 1. The minimum Gasteiger partial charge on any atom is -0.356 e. The van der Waals surface area contributed by atoms with E-state index >= 15 is 0 Å². The van der Waals surface area contributed by atoms with Crippen molar-refractivity contribution in [3.05, 3.63) is 35.6 Å². The molecule has 0 spiro atoms. The Kier molecular flexibility index (Phi) is 6.80. The quantitative estimate of drug-likeness (QED) is 0.776. The summed E-state index contributed by atoms with van der Waals surface area (Å²) < 4.78 is 12.8. The van der Waals surface area contributed by atoms with Gasteiger partial charge in [-0.05, 0) is 37.2 Å². The Morgan fingerprint density at radius 1 is 1.14 bits per heavy atom. The molecule has 1 aliphatic heterocycles. The fourth-order valence-corrected chi connectivity index (χ4v) is 2.71. The van der Waals surface area contributed by atoms with Crippen molar-refractivity contribution in [1.82, 2.24) is 15.1 Å². The molecule has 122 valence electrons. The lowest BCUT2D eigenvalue weighted by Gasteiger charge is -2.33. The van der Waals surface area contributed by atoms with Crippen LogP contribution in [0.4, 0.5) is 4.39 Å². The summed E-state index contributed by atoms with van der Waals surface area (Å²) in [7, 11) is 0. The van der Waals surface area contributed by atoms with Crippen LogP contribution in [0.5, 0.6) is 0 Å². The summed E-state index contributed by atoms with van der Waals surface area (Å²) in [6.45, 7) is 9.61. The fraction of sp³-hybridized carbons (Fsp3) is 0.588. The van der Waals surface area contributed by atoms with Gasteiger partial charge in [-0.3, -0.25) is 4.79 Å². The maximum atomic E-state index is 12.8. The van der Waals surface area contributed by atoms with Crippen LogP contribution in [0.25, 0.3) is 0 Å². The van der Waals surface area contributed by atoms with Crippen LogP contribution in [0.2, 0.25) is 0 Å². The maximum Gasteiger partial charge on any atom is 0.224 e. The Labute approximate surface area is 132 Å². The molecule has 1 aromatic rings. The molecule has 1 heterocycles. The average Bonchev–Trinajstić information content (AvgIpc) is 2.54. The number of halogens is 1. The summed E-state index contributed by atoms with van der Waals surface area (Å²) in [4.78, 5) is 16.7. The minimum absolute atomic E-state index is 0.00223. The molecule has 1 aromatic carbocycles. The molecule has 0 bridgehead atoms. The monoisotopic (exact) mass is 307 g/mol. The van der Waals surface area contributed by atoms with E-state index in [4.69, 9.17) is 0 Å². The largest absolute Gasteiger partial charge is 0.356 e. The number of carbonyl (C=O) groups is 1. The van der Waals surface area contributed by atoms with E-state index in [0.717, 1.165) is 51.3 Å². The normalized spacial score (nSPS) is 16.6. The van der Waals surface area contributed by atoms with Crippen molar-refractivity contribution in [3.8, 4) is 0 Å². The Bertz CT molecular complexity index is 455. The lowest BCUT2D eigenvalue weighted by atomic mass is 10.1. The minimum atomic E-state index is -0.271. The molecular formula is C17H26FN3O. The van der Waals surface area contributed by atoms with Crippen molar-refractivity contribution < 1.29 is 9.18 Å². The molecule has 1 N–H and O–H groups in total. The van der Waals surface area contributed by atoms with Crippen LogP contribution in [-0.2, 0) is 11.2 Å². The zero-order valence-corrected chi connectivity index (χ0v) is 13.4. The first kappa shape index (κ1) is 16.9. The van der Waals surface area contributed by atoms with Gasteiger partial charge in [0.05, 0.1) is 6.42 Å². The van der Waals surface area contributed by atoms with Crippen LogP contribution >= 0.6 is 0 Å². The molecule has 0 aromatic heterocycles. The molecule has 22 heavy (non-hydrogen) atoms. The number of rotatable bonds is 7. The predicted octanol–water partition coefficient (Wildman–Crippen LogP) is 1.51. The first-order chi connectivity index (χ1) is 10.7. The molecule has 1 fully saturated rings. The molecular weight excluding hydrogens is 281 g/mol. The standard InChI is InChI=1S/C17H26FN3O/c1-2-20-10-12-21(13-11-20)9-3-8-19-17(22)14-15-4-6-16(18)7-5-15/h4-7H,2-3,8-14H2,1H3,(H,19,22). The van der Waals surface area contributed by atoms with Gasteiger partial charge in [0, 0.05) is 32.7 Å². The van der Waals surface area contributed by atoms with E-state index in [1.807, 2.05) is 0 Å². The van der Waals surface area contributed by atoms with Gasteiger partial charge in [-0.15, -0.1) is 0 Å². The van der Waals surface area contributed by atoms with Gasteiger partial charge in [0.1, 0.15) is 5.82 Å². The van der Waals surface area contributed by atoms with Gasteiger partial charge >= 0.3 is 0 Å². The molecule has 0 aliphatic carbocycles. The van der Waals surface area contributed by atoms with Crippen LogP contribution in [0.3, 0.4) is 0 Å². The van der Waals surface area contributed by atoms with Gasteiger partial charge < -0.3 is 15.1 Å². The van der Waals surface area contributed by atoms with Crippen molar-refractivity contribution >= 4 is 5.91 Å². The number of hydrogen-bond donors (Lipinski definition) is 1. The highest BCUT2D eigenvalue weighted by Gasteiger charge is 2.14. The van der Waals surface area contributed by atoms with Gasteiger partial charge in [-0.2, -0.15) is 0 Å². The maximum absolute atomic E-state index is 12.8. The van der Waals surface area contributed by atoms with E-state index in [1.165, 1.54) is 12.1 Å². The van der Waals surface area contributed by atoms with Crippen LogP contribution in [0.1, 0.15) is 18.9 Å². The molecule has 1 saturated heterocycles. The first-order valence-electron chi connectivity index (χ1n) is 8.13. The summed E-state index contributed by atoms with van der Waals surface area (Å²) in [6, 6.07) is 6.08. The topological polar surface area (TPSA) is 35.6 Å². The Morgan fingerprint density at radius 2 is 1.77 bits per heavy atom. The number of benzene rings is 1. The second-order valence-electron chi connectivity index (χ2n) is 5.78. The van der Waals surface area contributed by atoms with Crippen molar-refractivity contribution in [2.75, 3.05) is 45.8 Å². The Morgan fingerprint density at radius 3 is 2.41 bits per heavy atom. The molecule has 1 amide bonds. The van der Waals surface area contributed by atoms with Crippen LogP contribution < -0.4 is 5.32 Å². The van der Waals surface area contributed by atoms with Gasteiger partial charge in [0.15, 0.2) is 0 Å². The van der Waals surface area contributed by atoms with Crippen molar-refractivity contribution in [2.24, 2.45) is 0 Å². The van der Waals surface area contributed by atoms with Gasteiger partial charge in [-0.1, -0.05) is 19.1 Å². The number of piperazine rings is 1. The fourth-order valence-electron chi connectivity index (χ4n) is 2.71. The zero-order valence-electron chi connectivity index (χ0n) is 13.4. The van der Waals surface area contributed by atoms with Gasteiger partial charge in [0.2, 0.25) is 5.91 Å². The van der Waals surface area contributed by atoms with E-state index in [-0.39, 0.29) is 11.7 Å². The highest BCUT2D eigenvalue weighted by molar-refractivity contribution is 5.78. The number of likely N-dealkylation sites (N-methyl/N-ethyl adjacent to an activating group) is 1. The third kappa shape index (κ3) is 5.73. The second-order valence-corrected chi connectivity index (χ2v) is 5.78. The number of nitrogens with zero attached hydrogens (tertiary/aromatic N) is 2. The molecule has 2 rings (SSSR count). The van der Waals surface area contributed by atoms with Crippen molar-refractivity contribution in [3.63, 3.8) is 0 Å². The van der Waals surface area contributed by atoms with Crippen molar-refractivity contribution in [1.29, 1.82) is 0 Å². The van der Waals surface area contributed by atoms with Gasteiger partial charge in [-0.25, -0.2) is 4.39 Å². The van der Waals surface area contributed by atoms with E-state index in [9.17, 15) is 9.18 Å². The molecule has 1 aliphatic rings. The highest BCUT2D eigenvalue weighted by Crippen LogP contribution is 2.04. The summed E-state index contributed by atoms with van der Waals surface area (Å²) >= 11 is 0. The third-order valence-corrected chi connectivity index (χ3v) is 4.16. The molecule has 4 nitrogen and oxygen atoms in total. The molecule has 0 saturated carbocycles. The molecule has 0 unspecified atom stereocenters.